The van der Waals surface area contributed by atoms with E-state index in [1.54, 1.807) is 20.8 Å². The van der Waals surface area contributed by atoms with Gasteiger partial charge in [0.05, 0.1) is 0 Å². The zero-order chi connectivity index (χ0) is 17.6. The molecule has 0 N–H and O–H groups in total. The van der Waals surface area contributed by atoms with Gasteiger partial charge in [-0.2, -0.15) is 0 Å². The second kappa shape index (κ2) is 8.06. The molecule has 0 saturated carbocycles. The maximum atomic E-state index is 11.6. The molecule has 0 unspecified atom stereocenters. The monoisotopic (exact) mass is 314 g/mol. The van der Waals surface area contributed by atoms with Gasteiger partial charge in [-0.15, -0.1) is 0 Å². The van der Waals surface area contributed by atoms with E-state index in [0.717, 1.165) is 0 Å². The first kappa shape index (κ1) is 20.3. The van der Waals surface area contributed by atoms with E-state index in [1.165, 1.54) is 0 Å². The molecule has 0 fully saturated rings. The number of rotatable bonds is 7. The van der Waals surface area contributed by atoms with Gasteiger partial charge in [-0.1, -0.05) is 20.8 Å². The first-order valence-electron chi connectivity index (χ1n) is 7.19. The Morgan fingerprint density at radius 2 is 1.27 bits per heavy atom. The smallest absolute Gasteiger partial charge is 0.313 e. The van der Waals surface area contributed by atoms with Crippen LogP contribution in [0.4, 0.5) is 0 Å². The van der Waals surface area contributed by atoms with E-state index in [4.69, 9.17) is 9.47 Å². The Bertz CT molecular complexity index is 395. The predicted octanol–water partition coefficient (Wildman–Crippen LogP) is 2.23. The molecule has 0 aromatic carbocycles. The van der Waals surface area contributed by atoms with E-state index in [0.29, 0.717) is 0 Å². The highest BCUT2D eigenvalue weighted by molar-refractivity contribution is 5.99. The van der Waals surface area contributed by atoms with Crippen LogP contribution in [0.3, 0.4) is 0 Å². The Kier molecular flexibility index (Phi) is 7.43. The largest absolute Gasteiger partial charge is 0.460 e. The number of hydrogen-bond donors (Lipinski definition) is 0. The fraction of sp³-hybridized carbons (Fsp3) is 0.750. The first-order valence-corrected chi connectivity index (χ1v) is 7.19. The molecule has 0 aliphatic rings. The van der Waals surface area contributed by atoms with Crippen molar-refractivity contribution >= 4 is 23.5 Å². The fourth-order valence-electron chi connectivity index (χ4n) is 1.62. The van der Waals surface area contributed by atoms with E-state index in [9.17, 15) is 19.2 Å². The summed E-state index contributed by atoms with van der Waals surface area (Å²) in [5.74, 6) is -2.23. The number of ether oxygens (including phenoxy) is 2. The quantitative estimate of drug-likeness (QED) is 0.529. The third kappa shape index (κ3) is 12.1. The van der Waals surface area contributed by atoms with Gasteiger partial charge in [0, 0.05) is 6.42 Å². The number of carbonyl (C=O) groups excluding carboxylic acids is 4. The number of esters is 2. The van der Waals surface area contributed by atoms with Crippen LogP contribution in [0.15, 0.2) is 0 Å². The Morgan fingerprint density at radius 1 is 0.773 bits per heavy atom. The van der Waals surface area contributed by atoms with Gasteiger partial charge in [0.15, 0.2) is 12.4 Å². The molecular weight excluding hydrogens is 288 g/mol. The van der Waals surface area contributed by atoms with Crippen molar-refractivity contribution in [1.29, 1.82) is 0 Å². The third-order valence-electron chi connectivity index (χ3n) is 2.22. The lowest BCUT2D eigenvalue weighted by atomic mass is 9.89. The van der Waals surface area contributed by atoms with Crippen LogP contribution in [-0.4, -0.2) is 35.7 Å². The SMILES string of the molecule is CC(C)(C)CC(=O)CC(=O)OCC(=O)CC(=O)OC(C)(C)C. The lowest BCUT2D eigenvalue weighted by Gasteiger charge is -2.19. The molecule has 0 amide bonds. The predicted molar refractivity (Wildman–Crippen MR) is 80.1 cm³/mol. The molecular formula is C16H26O6. The summed E-state index contributed by atoms with van der Waals surface area (Å²) < 4.78 is 9.68. The van der Waals surface area contributed by atoms with Gasteiger partial charge in [0.25, 0.3) is 0 Å². The molecule has 0 saturated heterocycles. The van der Waals surface area contributed by atoms with Gasteiger partial charge in [-0.25, -0.2) is 0 Å². The lowest BCUT2D eigenvalue weighted by molar-refractivity contribution is -0.159. The van der Waals surface area contributed by atoms with E-state index < -0.39 is 36.4 Å². The van der Waals surface area contributed by atoms with Gasteiger partial charge < -0.3 is 9.47 Å². The molecule has 0 aliphatic heterocycles. The lowest BCUT2D eigenvalue weighted by Crippen LogP contribution is -2.27. The third-order valence-corrected chi connectivity index (χ3v) is 2.22. The van der Waals surface area contributed by atoms with Crippen molar-refractivity contribution in [3.05, 3.63) is 0 Å². The summed E-state index contributed by atoms with van der Waals surface area (Å²) in [6, 6.07) is 0. The van der Waals surface area contributed by atoms with Crippen molar-refractivity contribution in [3.63, 3.8) is 0 Å². The van der Waals surface area contributed by atoms with Crippen LogP contribution < -0.4 is 0 Å². The highest BCUT2D eigenvalue weighted by Gasteiger charge is 2.21. The zero-order valence-electron chi connectivity index (χ0n) is 14.3. The highest BCUT2D eigenvalue weighted by Crippen LogP contribution is 2.19. The molecule has 0 atom stereocenters. The van der Waals surface area contributed by atoms with Crippen molar-refractivity contribution < 1.29 is 28.7 Å². The highest BCUT2D eigenvalue weighted by atomic mass is 16.6. The van der Waals surface area contributed by atoms with E-state index in [2.05, 4.69) is 0 Å². The molecule has 22 heavy (non-hydrogen) atoms. The molecule has 0 heterocycles. The average Bonchev–Trinajstić information content (AvgIpc) is 2.20. The van der Waals surface area contributed by atoms with Crippen molar-refractivity contribution in [2.24, 2.45) is 5.41 Å². The van der Waals surface area contributed by atoms with E-state index in [-0.39, 0.29) is 24.0 Å². The summed E-state index contributed by atoms with van der Waals surface area (Å²) in [6.07, 6.45) is -0.564. The Balaban J connectivity index is 4.08. The maximum Gasteiger partial charge on any atom is 0.313 e. The topological polar surface area (TPSA) is 86.7 Å². The molecule has 0 aromatic heterocycles. The summed E-state index contributed by atoms with van der Waals surface area (Å²) in [5.41, 5.74) is -0.878. The molecule has 6 nitrogen and oxygen atoms in total. The number of carbonyl (C=O) groups is 4. The van der Waals surface area contributed by atoms with Crippen molar-refractivity contribution in [2.45, 2.75) is 66.4 Å². The molecule has 126 valence electrons. The molecule has 0 aromatic rings. The van der Waals surface area contributed by atoms with Crippen LogP contribution in [0.25, 0.3) is 0 Å². The number of Topliss-reactive ketones (excluding diaryl/α,β-unsaturated/α-hetero) is 2. The van der Waals surface area contributed by atoms with Crippen LogP contribution in [0.5, 0.6) is 0 Å². The van der Waals surface area contributed by atoms with E-state index >= 15 is 0 Å². The van der Waals surface area contributed by atoms with Gasteiger partial charge in [-0.3, -0.25) is 19.2 Å². The normalized spacial score (nSPS) is 11.7. The maximum absolute atomic E-state index is 11.6. The molecule has 0 rings (SSSR count). The van der Waals surface area contributed by atoms with Gasteiger partial charge in [0.1, 0.15) is 24.2 Å². The molecule has 6 heteroatoms. The first-order chi connectivity index (χ1) is 9.78. The number of ketones is 2. The fourth-order valence-corrected chi connectivity index (χ4v) is 1.62. The zero-order valence-corrected chi connectivity index (χ0v) is 14.3. The summed E-state index contributed by atoms with van der Waals surface area (Å²) in [6.45, 7) is 10.2. The molecule has 0 aliphatic carbocycles. The Labute approximate surface area is 131 Å². The average molecular weight is 314 g/mol. The van der Waals surface area contributed by atoms with Crippen LogP contribution >= 0.6 is 0 Å². The Hall–Kier alpha value is -1.72. The minimum absolute atomic E-state index is 0.204. The summed E-state index contributed by atoms with van der Waals surface area (Å²) >= 11 is 0. The van der Waals surface area contributed by atoms with Crippen molar-refractivity contribution in [1.82, 2.24) is 0 Å². The minimum Gasteiger partial charge on any atom is -0.460 e. The summed E-state index contributed by atoms with van der Waals surface area (Å²) in [5, 5.41) is 0. The Morgan fingerprint density at radius 3 is 1.73 bits per heavy atom. The molecule has 0 bridgehead atoms. The van der Waals surface area contributed by atoms with Crippen molar-refractivity contribution in [3.8, 4) is 0 Å². The molecule has 0 spiro atoms. The van der Waals surface area contributed by atoms with E-state index in [1.807, 2.05) is 20.8 Å². The van der Waals surface area contributed by atoms with Gasteiger partial charge in [0.2, 0.25) is 0 Å². The van der Waals surface area contributed by atoms with Gasteiger partial charge in [-0.05, 0) is 26.2 Å². The second-order valence-corrected chi connectivity index (χ2v) is 7.42. The summed E-state index contributed by atoms with van der Waals surface area (Å²) in [4.78, 5) is 45.9. The molecule has 0 radical (unpaired) electrons. The standard InChI is InChI=1S/C16H26O6/c1-15(2,3)9-11(17)7-13(19)21-10-12(18)8-14(20)22-16(4,5)6/h7-10H2,1-6H3. The van der Waals surface area contributed by atoms with Crippen LogP contribution in [0.2, 0.25) is 0 Å². The number of hydrogen-bond acceptors (Lipinski definition) is 6. The summed E-state index contributed by atoms with van der Waals surface area (Å²) in [7, 11) is 0. The second-order valence-electron chi connectivity index (χ2n) is 7.42. The van der Waals surface area contributed by atoms with Crippen LogP contribution in [0, 0.1) is 5.41 Å². The van der Waals surface area contributed by atoms with Crippen LogP contribution in [-0.2, 0) is 28.7 Å². The van der Waals surface area contributed by atoms with Crippen molar-refractivity contribution in [2.75, 3.05) is 6.61 Å². The van der Waals surface area contributed by atoms with Gasteiger partial charge >= 0.3 is 11.9 Å². The minimum atomic E-state index is -0.758. The van der Waals surface area contributed by atoms with Crippen LogP contribution in [0.1, 0.15) is 60.8 Å².